The van der Waals surface area contributed by atoms with Crippen LogP contribution in [-0.4, -0.2) is 31.3 Å². The van der Waals surface area contributed by atoms with Crippen molar-refractivity contribution in [2.45, 2.75) is 45.6 Å². The molecule has 0 bridgehead atoms. The van der Waals surface area contributed by atoms with E-state index >= 15 is 0 Å². The van der Waals surface area contributed by atoms with E-state index in [1.807, 2.05) is 6.07 Å². The number of carbonyl (C=O) groups excluding carboxylic acids is 1. The summed E-state index contributed by atoms with van der Waals surface area (Å²) in [5, 5.41) is 3.95. The number of nitrogens with one attached hydrogen (secondary N) is 1. The summed E-state index contributed by atoms with van der Waals surface area (Å²) < 4.78 is 19.8. The van der Waals surface area contributed by atoms with E-state index in [4.69, 9.17) is 4.74 Å². The second-order valence-electron chi connectivity index (χ2n) is 8.02. The minimum absolute atomic E-state index is 0.0183. The zero-order chi connectivity index (χ0) is 21.2. The molecule has 0 fully saturated rings. The van der Waals surface area contributed by atoms with Gasteiger partial charge in [-0.2, -0.15) is 5.10 Å². The number of anilines is 1. The monoisotopic (exact) mass is 397 g/mol. The molecular formula is C23H28FN3O2. The van der Waals surface area contributed by atoms with Crippen LogP contribution in [0.15, 0.2) is 41.5 Å². The summed E-state index contributed by atoms with van der Waals surface area (Å²) in [6.07, 6.45) is 2.35. The third-order valence-electron chi connectivity index (χ3n) is 5.54. The lowest BCUT2D eigenvalue weighted by molar-refractivity contribution is 0.0955. The Bertz CT molecular complexity index is 922. The molecule has 1 unspecified atom stereocenters. The van der Waals surface area contributed by atoms with Crippen LogP contribution in [0.25, 0.3) is 0 Å². The van der Waals surface area contributed by atoms with Gasteiger partial charge in [-0.05, 0) is 75.1 Å². The first-order chi connectivity index (χ1) is 13.8. The van der Waals surface area contributed by atoms with Crippen LogP contribution >= 0.6 is 0 Å². The molecule has 1 aliphatic rings. The maximum atomic E-state index is 14.8. The third-order valence-corrected chi connectivity index (χ3v) is 5.54. The summed E-state index contributed by atoms with van der Waals surface area (Å²) in [5.74, 6) is 0.258. The SMILES string of the molecule is CCN1c2cc(F)c(/C=N\NC(=O)c3ccc(OC)cc3)cc2C(C)CC1(C)C. The van der Waals surface area contributed by atoms with Crippen LogP contribution in [0.2, 0.25) is 0 Å². The lowest BCUT2D eigenvalue weighted by atomic mass is 9.79. The van der Waals surface area contributed by atoms with E-state index in [1.54, 1.807) is 37.4 Å². The number of benzene rings is 2. The highest BCUT2D eigenvalue weighted by molar-refractivity contribution is 5.95. The Labute approximate surface area is 171 Å². The van der Waals surface area contributed by atoms with Gasteiger partial charge in [-0.15, -0.1) is 0 Å². The molecule has 0 aliphatic carbocycles. The predicted molar refractivity (Wildman–Crippen MR) is 115 cm³/mol. The van der Waals surface area contributed by atoms with Gasteiger partial charge in [0, 0.05) is 28.9 Å². The molecule has 2 aromatic carbocycles. The summed E-state index contributed by atoms with van der Waals surface area (Å²) in [5.41, 5.74) is 5.29. The molecule has 0 saturated heterocycles. The fraction of sp³-hybridized carbons (Fsp3) is 0.391. The van der Waals surface area contributed by atoms with Gasteiger partial charge in [0.1, 0.15) is 11.6 Å². The fourth-order valence-corrected chi connectivity index (χ4v) is 4.19. The Balaban J connectivity index is 1.79. The van der Waals surface area contributed by atoms with Crippen molar-refractivity contribution in [3.63, 3.8) is 0 Å². The van der Waals surface area contributed by atoms with Gasteiger partial charge in [-0.25, -0.2) is 9.82 Å². The molecule has 154 valence electrons. The molecule has 1 aliphatic heterocycles. The Morgan fingerprint density at radius 3 is 2.66 bits per heavy atom. The highest BCUT2D eigenvalue weighted by Crippen LogP contribution is 2.43. The van der Waals surface area contributed by atoms with Crippen LogP contribution in [0.5, 0.6) is 5.75 Å². The van der Waals surface area contributed by atoms with Gasteiger partial charge in [-0.3, -0.25) is 4.79 Å². The second-order valence-corrected chi connectivity index (χ2v) is 8.02. The largest absolute Gasteiger partial charge is 0.497 e. The maximum Gasteiger partial charge on any atom is 0.271 e. The molecule has 5 nitrogen and oxygen atoms in total. The maximum absolute atomic E-state index is 14.8. The number of fused-ring (bicyclic) bond motifs is 1. The standard InChI is InChI=1S/C23H28FN3O2/c1-6-27-21-12-20(24)17(11-19(21)15(2)13-23(27,3)4)14-25-26-22(28)16-7-9-18(29-5)10-8-16/h7-12,14-15H,6,13H2,1-5H3,(H,26,28)/b25-14-. The van der Waals surface area contributed by atoms with Crippen molar-refractivity contribution in [3.05, 3.63) is 58.9 Å². The van der Waals surface area contributed by atoms with E-state index in [9.17, 15) is 9.18 Å². The van der Waals surface area contributed by atoms with E-state index in [0.717, 1.165) is 24.2 Å². The number of hydrazone groups is 1. The van der Waals surface area contributed by atoms with Crippen molar-refractivity contribution >= 4 is 17.8 Å². The summed E-state index contributed by atoms with van der Waals surface area (Å²) in [7, 11) is 1.56. The van der Waals surface area contributed by atoms with Crippen molar-refractivity contribution in [1.82, 2.24) is 5.43 Å². The first kappa shape index (κ1) is 20.8. The van der Waals surface area contributed by atoms with E-state index in [0.29, 0.717) is 22.8 Å². The average molecular weight is 397 g/mol. The first-order valence-corrected chi connectivity index (χ1v) is 9.85. The molecule has 29 heavy (non-hydrogen) atoms. The van der Waals surface area contributed by atoms with E-state index in [1.165, 1.54) is 6.21 Å². The van der Waals surface area contributed by atoms with Crippen LogP contribution < -0.4 is 15.1 Å². The first-order valence-electron chi connectivity index (χ1n) is 9.85. The van der Waals surface area contributed by atoms with Gasteiger partial charge in [0.25, 0.3) is 5.91 Å². The normalized spacial score (nSPS) is 17.9. The summed E-state index contributed by atoms with van der Waals surface area (Å²) >= 11 is 0. The van der Waals surface area contributed by atoms with Crippen molar-refractivity contribution in [3.8, 4) is 5.75 Å². The zero-order valence-electron chi connectivity index (χ0n) is 17.6. The quantitative estimate of drug-likeness (QED) is 0.587. The zero-order valence-corrected chi connectivity index (χ0v) is 17.6. The molecule has 1 atom stereocenters. The van der Waals surface area contributed by atoms with Crippen molar-refractivity contribution in [1.29, 1.82) is 0 Å². The molecule has 0 aromatic heterocycles. The number of amides is 1. The van der Waals surface area contributed by atoms with E-state index in [2.05, 4.69) is 43.1 Å². The Hall–Kier alpha value is -2.89. The summed E-state index contributed by atoms with van der Waals surface area (Å²) in [6, 6.07) is 10.1. The van der Waals surface area contributed by atoms with Crippen LogP contribution in [0.1, 0.15) is 61.5 Å². The molecule has 2 aromatic rings. The van der Waals surface area contributed by atoms with Crippen LogP contribution in [0.4, 0.5) is 10.1 Å². The lowest BCUT2D eigenvalue weighted by Crippen LogP contribution is -2.48. The highest BCUT2D eigenvalue weighted by atomic mass is 19.1. The number of hydrogen-bond acceptors (Lipinski definition) is 4. The Kier molecular flexibility index (Phi) is 5.91. The third kappa shape index (κ3) is 4.26. The molecule has 0 spiro atoms. The van der Waals surface area contributed by atoms with Crippen molar-refractivity contribution < 1.29 is 13.9 Å². The van der Waals surface area contributed by atoms with Gasteiger partial charge < -0.3 is 9.64 Å². The number of nitrogens with zero attached hydrogens (tertiary/aromatic N) is 2. The van der Waals surface area contributed by atoms with E-state index in [-0.39, 0.29) is 17.3 Å². The molecule has 1 N–H and O–H groups in total. The average Bonchev–Trinajstić information content (AvgIpc) is 2.68. The van der Waals surface area contributed by atoms with Crippen LogP contribution in [0.3, 0.4) is 0 Å². The van der Waals surface area contributed by atoms with Crippen LogP contribution in [0, 0.1) is 5.82 Å². The van der Waals surface area contributed by atoms with Gasteiger partial charge in [0.2, 0.25) is 0 Å². The predicted octanol–water partition coefficient (Wildman–Crippen LogP) is 4.71. The van der Waals surface area contributed by atoms with Crippen molar-refractivity contribution in [2.75, 3.05) is 18.6 Å². The summed E-state index contributed by atoms with van der Waals surface area (Å²) in [4.78, 5) is 14.4. The van der Waals surface area contributed by atoms with Gasteiger partial charge >= 0.3 is 0 Å². The topological polar surface area (TPSA) is 53.9 Å². The summed E-state index contributed by atoms with van der Waals surface area (Å²) in [6.45, 7) is 9.45. The Morgan fingerprint density at radius 2 is 2.03 bits per heavy atom. The number of ether oxygens (including phenoxy) is 1. The second kappa shape index (κ2) is 8.23. The van der Waals surface area contributed by atoms with Gasteiger partial charge in [0.05, 0.1) is 13.3 Å². The minimum atomic E-state index is -0.366. The highest BCUT2D eigenvalue weighted by Gasteiger charge is 2.36. The molecule has 1 amide bonds. The number of halogens is 1. The number of methoxy groups -OCH3 is 1. The lowest BCUT2D eigenvalue weighted by Gasteiger charge is -2.47. The molecule has 3 rings (SSSR count). The molecular weight excluding hydrogens is 369 g/mol. The molecule has 1 heterocycles. The number of hydrogen-bond donors (Lipinski definition) is 1. The van der Waals surface area contributed by atoms with Gasteiger partial charge in [-0.1, -0.05) is 6.92 Å². The molecule has 0 radical (unpaired) electrons. The van der Waals surface area contributed by atoms with Crippen LogP contribution in [-0.2, 0) is 0 Å². The smallest absolute Gasteiger partial charge is 0.271 e. The van der Waals surface area contributed by atoms with Gasteiger partial charge in [0.15, 0.2) is 0 Å². The Morgan fingerprint density at radius 1 is 1.34 bits per heavy atom. The minimum Gasteiger partial charge on any atom is -0.497 e. The van der Waals surface area contributed by atoms with E-state index < -0.39 is 0 Å². The number of rotatable bonds is 5. The number of carbonyl (C=O) groups is 1. The molecule has 6 heteroatoms. The fourth-order valence-electron chi connectivity index (χ4n) is 4.19. The van der Waals surface area contributed by atoms with Crippen molar-refractivity contribution in [2.24, 2.45) is 5.10 Å². The molecule has 0 saturated carbocycles.